The maximum Gasteiger partial charge on any atom is 0.0923 e. The van der Waals surface area contributed by atoms with Gasteiger partial charge in [-0.15, -0.1) is 0 Å². The molecule has 0 amide bonds. The van der Waals surface area contributed by atoms with Crippen molar-refractivity contribution in [2.45, 2.75) is 0 Å². The second kappa shape index (κ2) is 3.05. The van der Waals surface area contributed by atoms with Gasteiger partial charge in [0.2, 0.25) is 0 Å². The van der Waals surface area contributed by atoms with E-state index in [4.69, 9.17) is 28.9 Å². The van der Waals surface area contributed by atoms with E-state index in [0.29, 0.717) is 21.2 Å². The molecule has 0 aliphatic heterocycles. The van der Waals surface area contributed by atoms with Crippen LogP contribution in [-0.2, 0) is 0 Å². The average molecular weight is 213 g/mol. The number of nitrogen functional groups attached to an aromatic ring is 1. The first-order valence-electron chi connectivity index (χ1n) is 3.68. The SMILES string of the molecule is Nc1ccnc2c(Cl)ccc(Cl)c12. The Morgan fingerprint density at radius 3 is 2.46 bits per heavy atom. The number of benzene rings is 1. The molecule has 1 aromatic heterocycles. The number of fused-ring (bicyclic) bond motifs is 1. The van der Waals surface area contributed by atoms with Gasteiger partial charge < -0.3 is 5.73 Å². The minimum Gasteiger partial charge on any atom is -0.398 e. The highest BCUT2D eigenvalue weighted by Gasteiger charge is 2.06. The minimum atomic E-state index is 0.562. The van der Waals surface area contributed by atoms with E-state index in [9.17, 15) is 0 Å². The van der Waals surface area contributed by atoms with Crippen molar-refractivity contribution in [2.24, 2.45) is 0 Å². The zero-order valence-electron chi connectivity index (χ0n) is 6.59. The first-order valence-corrected chi connectivity index (χ1v) is 4.44. The fourth-order valence-corrected chi connectivity index (χ4v) is 1.69. The summed E-state index contributed by atoms with van der Waals surface area (Å²) in [6.45, 7) is 0. The summed E-state index contributed by atoms with van der Waals surface area (Å²) >= 11 is 11.9. The summed E-state index contributed by atoms with van der Waals surface area (Å²) in [7, 11) is 0. The van der Waals surface area contributed by atoms with Crippen molar-refractivity contribution in [2.75, 3.05) is 5.73 Å². The lowest BCUT2D eigenvalue weighted by atomic mass is 10.2. The van der Waals surface area contributed by atoms with Crippen LogP contribution < -0.4 is 5.73 Å². The lowest BCUT2D eigenvalue weighted by Gasteiger charge is -2.03. The molecule has 0 bridgehead atoms. The number of nitrogens with zero attached hydrogens (tertiary/aromatic N) is 1. The van der Waals surface area contributed by atoms with E-state index in [1.54, 1.807) is 24.4 Å². The third-order valence-electron chi connectivity index (χ3n) is 1.82. The van der Waals surface area contributed by atoms with E-state index in [2.05, 4.69) is 4.98 Å². The Morgan fingerprint density at radius 2 is 1.77 bits per heavy atom. The molecule has 1 aromatic carbocycles. The second-order valence-electron chi connectivity index (χ2n) is 2.65. The molecule has 1 heterocycles. The minimum absolute atomic E-state index is 0.562. The van der Waals surface area contributed by atoms with Gasteiger partial charge in [0, 0.05) is 17.3 Å². The van der Waals surface area contributed by atoms with Gasteiger partial charge >= 0.3 is 0 Å². The van der Waals surface area contributed by atoms with E-state index in [-0.39, 0.29) is 0 Å². The summed E-state index contributed by atoms with van der Waals surface area (Å²) in [5.41, 5.74) is 6.99. The Morgan fingerprint density at radius 1 is 1.08 bits per heavy atom. The molecule has 2 N–H and O–H groups in total. The first-order chi connectivity index (χ1) is 6.20. The van der Waals surface area contributed by atoms with Gasteiger partial charge in [0.25, 0.3) is 0 Å². The van der Waals surface area contributed by atoms with Crippen LogP contribution in [-0.4, -0.2) is 4.98 Å². The average Bonchev–Trinajstić information content (AvgIpc) is 2.12. The summed E-state index contributed by atoms with van der Waals surface area (Å²) in [5.74, 6) is 0. The van der Waals surface area contributed by atoms with E-state index < -0.39 is 0 Å². The van der Waals surface area contributed by atoms with Crippen molar-refractivity contribution in [1.82, 2.24) is 4.98 Å². The predicted octanol–water partition coefficient (Wildman–Crippen LogP) is 3.12. The third kappa shape index (κ3) is 1.32. The maximum absolute atomic E-state index is 5.96. The Labute approximate surface area is 85.3 Å². The Kier molecular flexibility index (Phi) is 2.02. The topological polar surface area (TPSA) is 38.9 Å². The molecular weight excluding hydrogens is 207 g/mol. The summed E-state index contributed by atoms with van der Waals surface area (Å²) < 4.78 is 0. The van der Waals surface area contributed by atoms with Crippen LogP contribution in [0.15, 0.2) is 24.4 Å². The van der Waals surface area contributed by atoms with Crippen LogP contribution in [0, 0.1) is 0 Å². The summed E-state index contributed by atoms with van der Waals surface area (Å²) in [6.07, 6.45) is 1.61. The van der Waals surface area contributed by atoms with E-state index in [1.165, 1.54) is 0 Å². The standard InChI is InChI=1S/C9H6Cl2N2/c10-5-1-2-6(11)9-8(5)7(12)3-4-13-9/h1-4H,(H2,12,13). The Balaban J connectivity index is 3.00. The second-order valence-corrected chi connectivity index (χ2v) is 3.47. The molecule has 66 valence electrons. The molecule has 0 saturated carbocycles. The van der Waals surface area contributed by atoms with Crippen LogP contribution in [0.2, 0.25) is 10.0 Å². The van der Waals surface area contributed by atoms with Crippen LogP contribution in [0.3, 0.4) is 0 Å². The number of hydrogen-bond acceptors (Lipinski definition) is 2. The van der Waals surface area contributed by atoms with Gasteiger partial charge in [-0.1, -0.05) is 23.2 Å². The van der Waals surface area contributed by atoms with Crippen molar-refractivity contribution in [3.63, 3.8) is 0 Å². The first kappa shape index (κ1) is 8.60. The van der Waals surface area contributed by atoms with Gasteiger partial charge in [0.15, 0.2) is 0 Å². The smallest absolute Gasteiger partial charge is 0.0923 e. The molecule has 2 nitrogen and oxygen atoms in total. The zero-order chi connectivity index (χ0) is 9.42. The number of anilines is 1. The molecule has 0 spiro atoms. The van der Waals surface area contributed by atoms with Crippen LogP contribution in [0.25, 0.3) is 10.9 Å². The summed E-state index contributed by atoms with van der Waals surface area (Å²) in [6, 6.07) is 5.12. The van der Waals surface area contributed by atoms with Gasteiger partial charge in [0.1, 0.15) is 0 Å². The summed E-state index contributed by atoms with van der Waals surface area (Å²) in [4.78, 5) is 4.11. The van der Waals surface area contributed by atoms with Crippen molar-refractivity contribution in [3.05, 3.63) is 34.4 Å². The Bertz CT molecular complexity index is 460. The fourth-order valence-electron chi connectivity index (χ4n) is 1.22. The molecule has 13 heavy (non-hydrogen) atoms. The predicted molar refractivity (Wildman–Crippen MR) is 56.2 cm³/mol. The lowest BCUT2D eigenvalue weighted by molar-refractivity contribution is 1.41. The quantitative estimate of drug-likeness (QED) is 0.730. The number of pyridine rings is 1. The molecule has 0 saturated heterocycles. The highest BCUT2D eigenvalue weighted by atomic mass is 35.5. The number of nitrogens with two attached hydrogens (primary N) is 1. The van der Waals surface area contributed by atoms with Crippen LogP contribution in [0.1, 0.15) is 0 Å². The van der Waals surface area contributed by atoms with Gasteiger partial charge in [-0.05, 0) is 18.2 Å². The monoisotopic (exact) mass is 212 g/mol. The van der Waals surface area contributed by atoms with E-state index in [0.717, 1.165) is 5.39 Å². The van der Waals surface area contributed by atoms with Crippen molar-refractivity contribution in [1.29, 1.82) is 0 Å². The van der Waals surface area contributed by atoms with Gasteiger partial charge in [-0.2, -0.15) is 0 Å². The molecule has 0 aliphatic rings. The van der Waals surface area contributed by atoms with Crippen molar-refractivity contribution >= 4 is 39.8 Å². The molecule has 2 rings (SSSR count). The molecule has 0 fully saturated rings. The molecule has 0 aliphatic carbocycles. The molecule has 4 heteroatoms. The van der Waals surface area contributed by atoms with Gasteiger partial charge in [-0.25, -0.2) is 0 Å². The highest BCUT2D eigenvalue weighted by molar-refractivity contribution is 6.40. The van der Waals surface area contributed by atoms with Crippen molar-refractivity contribution in [3.8, 4) is 0 Å². The maximum atomic E-state index is 5.96. The van der Waals surface area contributed by atoms with Gasteiger partial charge in [0.05, 0.1) is 15.6 Å². The van der Waals surface area contributed by atoms with Gasteiger partial charge in [-0.3, -0.25) is 4.98 Å². The number of halogens is 2. The third-order valence-corrected chi connectivity index (χ3v) is 2.44. The molecule has 0 atom stereocenters. The van der Waals surface area contributed by atoms with E-state index >= 15 is 0 Å². The molecule has 2 aromatic rings. The largest absolute Gasteiger partial charge is 0.398 e. The number of rotatable bonds is 0. The summed E-state index contributed by atoms with van der Waals surface area (Å²) in [5, 5.41) is 1.85. The Hall–Kier alpha value is -0.990. The van der Waals surface area contributed by atoms with E-state index in [1.807, 2.05) is 0 Å². The molecule has 0 unspecified atom stereocenters. The van der Waals surface area contributed by atoms with Crippen LogP contribution in [0.4, 0.5) is 5.69 Å². The lowest BCUT2D eigenvalue weighted by Crippen LogP contribution is -1.89. The zero-order valence-corrected chi connectivity index (χ0v) is 8.10. The number of aromatic nitrogens is 1. The van der Waals surface area contributed by atoms with Crippen LogP contribution in [0.5, 0.6) is 0 Å². The molecular formula is C9H6Cl2N2. The normalized spacial score (nSPS) is 10.6. The molecule has 0 radical (unpaired) electrons. The van der Waals surface area contributed by atoms with Crippen LogP contribution >= 0.6 is 23.2 Å². The fraction of sp³-hybridized carbons (Fsp3) is 0. The van der Waals surface area contributed by atoms with Crippen molar-refractivity contribution < 1.29 is 0 Å². The highest BCUT2D eigenvalue weighted by Crippen LogP contribution is 2.31. The number of hydrogen-bond donors (Lipinski definition) is 1.